The predicted molar refractivity (Wildman–Crippen MR) is 182 cm³/mol. The number of rotatable bonds is 10. The maximum atomic E-state index is 14.0. The number of benzene rings is 5. The Hall–Kier alpha value is -4.75. The molecule has 1 heterocycles. The van der Waals surface area contributed by atoms with E-state index in [1.54, 1.807) is 19.1 Å². The van der Waals surface area contributed by atoms with Gasteiger partial charge in [0.05, 0.1) is 0 Å². The molecule has 5 aromatic carbocycles. The maximum absolute atomic E-state index is 14.0. The van der Waals surface area contributed by atoms with Crippen molar-refractivity contribution in [3.63, 3.8) is 0 Å². The van der Waals surface area contributed by atoms with E-state index in [-0.39, 0.29) is 12.5 Å². The fourth-order valence-electron chi connectivity index (χ4n) is 7.45. The van der Waals surface area contributed by atoms with Gasteiger partial charge in [-0.15, -0.1) is 0 Å². The number of carbonyl (C=O) groups excluding carboxylic acids is 1. The Labute approximate surface area is 276 Å². The van der Waals surface area contributed by atoms with Crippen molar-refractivity contribution in [1.82, 2.24) is 4.90 Å². The molecular formula is C41H39NO5. The zero-order valence-electron chi connectivity index (χ0n) is 26.8. The summed E-state index contributed by atoms with van der Waals surface area (Å²) in [5, 5.41) is 0. The number of likely N-dealkylation sites (tertiary alicyclic amines) is 1. The molecule has 1 saturated heterocycles. The Balaban J connectivity index is 1.23. The minimum absolute atomic E-state index is 0.0415. The predicted octanol–water partition coefficient (Wildman–Crippen LogP) is 8.36. The van der Waals surface area contributed by atoms with E-state index in [1.807, 2.05) is 115 Å². The Bertz CT molecular complexity index is 1660. The molecule has 6 nitrogen and oxygen atoms in total. The van der Waals surface area contributed by atoms with Crippen molar-refractivity contribution in [2.24, 2.45) is 0 Å². The highest BCUT2D eigenvalue weighted by atomic mass is 16.9. The minimum Gasteiger partial charge on any atom is -0.448 e. The molecule has 1 aliphatic carbocycles. The van der Waals surface area contributed by atoms with Crippen molar-refractivity contribution in [1.29, 1.82) is 0 Å². The van der Waals surface area contributed by atoms with Gasteiger partial charge < -0.3 is 18.9 Å². The molecule has 0 bridgehead atoms. The van der Waals surface area contributed by atoms with E-state index in [4.69, 9.17) is 18.9 Å². The molecule has 7 rings (SSSR count). The molecule has 1 fully saturated rings. The molecule has 1 amide bonds. The van der Waals surface area contributed by atoms with Gasteiger partial charge >= 0.3 is 12.1 Å². The fraction of sp³-hybridized carbons (Fsp3) is 0.244. The molecule has 6 heteroatoms. The minimum atomic E-state index is -1.64. The van der Waals surface area contributed by atoms with Crippen LogP contribution in [-0.2, 0) is 24.5 Å². The van der Waals surface area contributed by atoms with Gasteiger partial charge in [-0.2, -0.15) is 0 Å². The fourth-order valence-corrected chi connectivity index (χ4v) is 7.45. The Kier molecular flexibility index (Phi) is 8.65. The van der Waals surface area contributed by atoms with Gasteiger partial charge in [-0.3, -0.25) is 4.90 Å². The molecule has 1 aliphatic heterocycles. The molecule has 0 N–H and O–H groups in total. The van der Waals surface area contributed by atoms with Gasteiger partial charge in [-0.1, -0.05) is 140 Å². The molecule has 238 valence electrons. The third-order valence-electron chi connectivity index (χ3n) is 9.64. The molecule has 5 aromatic rings. The average Bonchev–Trinajstić information content (AvgIpc) is 3.77. The van der Waals surface area contributed by atoms with Gasteiger partial charge in [0.25, 0.3) is 0 Å². The van der Waals surface area contributed by atoms with E-state index in [9.17, 15) is 4.79 Å². The highest BCUT2D eigenvalue weighted by Gasteiger charge is 2.55. The second-order valence-electron chi connectivity index (χ2n) is 12.0. The number of fused-ring (bicyclic) bond motifs is 3. The third-order valence-corrected chi connectivity index (χ3v) is 9.64. The zero-order chi connectivity index (χ0) is 32.3. The molecule has 0 saturated carbocycles. The lowest BCUT2D eigenvalue weighted by Gasteiger charge is -2.46. The van der Waals surface area contributed by atoms with Crippen molar-refractivity contribution in [2.75, 3.05) is 27.4 Å². The van der Waals surface area contributed by atoms with Gasteiger partial charge in [0.1, 0.15) is 18.2 Å². The first-order valence-corrected chi connectivity index (χ1v) is 16.2. The lowest BCUT2D eigenvalue weighted by Crippen LogP contribution is -2.59. The summed E-state index contributed by atoms with van der Waals surface area (Å²) < 4.78 is 26.0. The molecule has 0 radical (unpaired) electrons. The van der Waals surface area contributed by atoms with Crippen LogP contribution in [-0.4, -0.2) is 50.4 Å². The summed E-state index contributed by atoms with van der Waals surface area (Å²) >= 11 is 0. The van der Waals surface area contributed by atoms with Gasteiger partial charge in [-0.25, -0.2) is 4.79 Å². The summed E-state index contributed by atoms with van der Waals surface area (Å²) in [7, 11) is 3.15. The van der Waals surface area contributed by atoms with E-state index < -0.39 is 23.7 Å². The first-order chi connectivity index (χ1) is 23.1. The normalized spacial score (nSPS) is 16.1. The van der Waals surface area contributed by atoms with Crippen LogP contribution in [0.3, 0.4) is 0 Å². The van der Waals surface area contributed by atoms with Gasteiger partial charge in [0.15, 0.2) is 0 Å². The first kappa shape index (κ1) is 30.9. The Morgan fingerprint density at radius 1 is 0.660 bits per heavy atom. The summed E-state index contributed by atoms with van der Waals surface area (Å²) in [6.07, 6.45) is 0.948. The quantitative estimate of drug-likeness (QED) is 0.115. The van der Waals surface area contributed by atoms with E-state index >= 15 is 0 Å². The summed E-state index contributed by atoms with van der Waals surface area (Å²) in [6, 6.07) is 46.4. The standard InChI is InChI=1S/C41H39NO5/c1-44-41(45-2,47-40(30-17-6-3-7-18-30,31-19-8-4-9-20-31)32-21-10-5-11-22-32)38-27-16-28-42(38)39(43)46-29-37-35-25-14-12-23-33(35)34-24-13-15-26-36(34)37/h3-15,17-26,37-38H,16,27-29H2,1-2H3. The van der Waals surface area contributed by atoms with Gasteiger partial charge in [0, 0.05) is 26.7 Å². The van der Waals surface area contributed by atoms with Crippen LogP contribution in [0.5, 0.6) is 0 Å². The number of nitrogens with zero attached hydrogens (tertiary/aromatic N) is 1. The van der Waals surface area contributed by atoms with Crippen molar-refractivity contribution in [3.05, 3.63) is 167 Å². The Morgan fingerprint density at radius 2 is 1.11 bits per heavy atom. The highest BCUT2D eigenvalue weighted by molar-refractivity contribution is 5.79. The number of methoxy groups -OCH3 is 2. The number of amides is 1. The summed E-state index contributed by atoms with van der Waals surface area (Å²) in [5.74, 6) is -1.68. The molecule has 1 unspecified atom stereocenters. The first-order valence-electron chi connectivity index (χ1n) is 16.2. The molecule has 2 aliphatic rings. The number of ether oxygens (including phenoxy) is 4. The zero-order valence-corrected chi connectivity index (χ0v) is 26.8. The van der Waals surface area contributed by atoms with Gasteiger partial charge in [-0.05, 0) is 51.8 Å². The molecule has 0 aromatic heterocycles. The molecule has 0 spiro atoms. The summed E-state index contributed by atoms with van der Waals surface area (Å²) in [4.78, 5) is 15.7. The third kappa shape index (κ3) is 5.42. The van der Waals surface area contributed by atoms with Crippen molar-refractivity contribution < 1.29 is 23.7 Å². The highest BCUT2D eigenvalue weighted by Crippen LogP contribution is 2.47. The monoisotopic (exact) mass is 625 g/mol. The van der Waals surface area contributed by atoms with Crippen molar-refractivity contribution >= 4 is 6.09 Å². The van der Waals surface area contributed by atoms with Crippen LogP contribution in [0, 0.1) is 0 Å². The SMILES string of the molecule is COC(OC)(OC(c1ccccc1)(c1ccccc1)c1ccccc1)C1CCCN1C(=O)OCC1c2ccccc2-c2ccccc21. The number of hydrogen-bond donors (Lipinski definition) is 0. The van der Waals surface area contributed by atoms with E-state index in [2.05, 4.69) is 24.3 Å². The van der Waals surface area contributed by atoms with E-state index in [0.29, 0.717) is 13.0 Å². The van der Waals surface area contributed by atoms with Crippen LogP contribution in [0.1, 0.15) is 46.6 Å². The molecule has 1 atom stereocenters. The van der Waals surface area contributed by atoms with Crippen LogP contribution in [0.25, 0.3) is 11.1 Å². The largest absolute Gasteiger partial charge is 0.448 e. The number of hydrogen-bond acceptors (Lipinski definition) is 5. The summed E-state index contributed by atoms with van der Waals surface area (Å²) in [5.41, 5.74) is 6.30. The van der Waals surface area contributed by atoms with Crippen molar-refractivity contribution in [2.45, 2.75) is 36.4 Å². The van der Waals surface area contributed by atoms with Gasteiger partial charge in [0.2, 0.25) is 0 Å². The second-order valence-corrected chi connectivity index (χ2v) is 12.0. The topological polar surface area (TPSA) is 57.2 Å². The lowest BCUT2D eigenvalue weighted by atomic mass is 9.80. The van der Waals surface area contributed by atoms with E-state index in [0.717, 1.165) is 23.1 Å². The van der Waals surface area contributed by atoms with Crippen LogP contribution in [0.2, 0.25) is 0 Å². The van der Waals surface area contributed by atoms with Crippen LogP contribution in [0.15, 0.2) is 140 Å². The smallest absolute Gasteiger partial charge is 0.410 e. The molecular weight excluding hydrogens is 586 g/mol. The maximum Gasteiger partial charge on any atom is 0.410 e. The summed E-state index contributed by atoms with van der Waals surface area (Å²) in [6.45, 7) is 0.722. The molecule has 47 heavy (non-hydrogen) atoms. The Morgan fingerprint density at radius 3 is 1.57 bits per heavy atom. The average molecular weight is 626 g/mol. The van der Waals surface area contributed by atoms with E-state index in [1.165, 1.54) is 22.3 Å². The van der Waals surface area contributed by atoms with Crippen molar-refractivity contribution in [3.8, 4) is 11.1 Å². The number of carbonyl (C=O) groups is 1. The second kappa shape index (κ2) is 13.2. The van der Waals surface area contributed by atoms with Crippen LogP contribution in [0.4, 0.5) is 4.79 Å². The van der Waals surface area contributed by atoms with Crippen LogP contribution >= 0.6 is 0 Å². The lowest BCUT2D eigenvalue weighted by molar-refractivity contribution is -0.405. The van der Waals surface area contributed by atoms with Crippen LogP contribution < -0.4 is 0 Å².